The number of ketones is 1. The Morgan fingerprint density at radius 3 is 3.00 bits per heavy atom. The summed E-state index contributed by atoms with van der Waals surface area (Å²) < 4.78 is 5.50. The van der Waals surface area contributed by atoms with Gasteiger partial charge in [-0.1, -0.05) is 0 Å². The highest BCUT2D eigenvalue weighted by atomic mass is 16.6. The lowest BCUT2D eigenvalue weighted by Crippen LogP contribution is -2.57. The van der Waals surface area contributed by atoms with Crippen LogP contribution in [0, 0.1) is 5.41 Å². The molecule has 4 nitrogen and oxygen atoms in total. The Kier molecular flexibility index (Phi) is 1.59. The molecule has 3 aliphatic rings. The van der Waals surface area contributed by atoms with Crippen LogP contribution in [0.3, 0.4) is 0 Å². The molecule has 4 heteroatoms. The van der Waals surface area contributed by atoms with Crippen LogP contribution in [-0.2, 0) is 9.53 Å². The molecule has 1 saturated carbocycles. The first-order valence-corrected chi connectivity index (χ1v) is 5.29. The van der Waals surface area contributed by atoms with E-state index in [1.165, 1.54) is 12.2 Å². The number of rotatable bonds is 0. The first kappa shape index (κ1) is 9.51. The van der Waals surface area contributed by atoms with Crippen molar-refractivity contribution in [2.45, 2.75) is 43.7 Å². The van der Waals surface area contributed by atoms with E-state index in [2.05, 4.69) is 0 Å². The fourth-order valence-corrected chi connectivity index (χ4v) is 3.15. The normalized spacial score (nSPS) is 57.3. The topological polar surface area (TPSA) is 70.1 Å². The van der Waals surface area contributed by atoms with Crippen LogP contribution < -0.4 is 0 Å². The van der Waals surface area contributed by atoms with Gasteiger partial charge in [-0.2, -0.15) is 0 Å². The molecule has 15 heavy (non-hydrogen) atoms. The first-order valence-electron chi connectivity index (χ1n) is 5.29. The highest BCUT2D eigenvalue weighted by molar-refractivity contribution is 5.97. The molecule has 0 bridgehead atoms. The molecular weight excluding hydrogens is 196 g/mol. The van der Waals surface area contributed by atoms with E-state index in [-0.39, 0.29) is 11.9 Å². The third-order valence-corrected chi connectivity index (χ3v) is 4.25. The minimum absolute atomic E-state index is 0.00204. The summed E-state index contributed by atoms with van der Waals surface area (Å²) in [4.78, 5) is 11.9. The lowest BCUT2D eigenvalue weighted by molar-refractivity contribution is -0.133. The van der Waals surface area contributed by atoms with Gasteiger partial charge >= 0.3 is 0 Å². The SMILES string of the molecule is C[C@@]12CC[C@@H](O)[C@H]3O[C@]31[C@@H](O)C=CC2=O. The summed E-state index contributed by atoms with van der Waals surface area (Å²) in [6.45, 7) is 1.83. The summed E-state index contributed by atoms with van der Waals surface area (Å²) in [6.07, 6.45) is 2.35. The molecule has 1 aliphatic heterocycles. The van der Waals surface area contributed by atoms with E-state index in [0.29, 0.717) is 12.8 Å². The minimum Gasteiger partial charge on any atom is -0.390 e. The van der Waals surface area contributed by atoms with Gasteiger partial charge in [-0.25, -0.2) is 0 Å². The number of aliphatic hydroxyl groups is 2. The largest absolute Gasteiger partial charge is 0.390 e. The molecule has 2 N–H and O–H groups in total. The monoisotopic (exact) mass is 210 g/mol. The highest BCUT2D eigenvalue weighted by Gasteiger charge is 2.77. The van der Waals surface area contributed by atoms with E-state index >= 15 is 0 Å². The lowest BCUT2D eigenvalue weighted by atomic mass is 9.60. The number of aliphatic hydroxyl groups excluding tert-OH is 2. The van der Waals surface area contributed by atoms with Crippen LogP contribution in [0.4, 0.5) is 0 Å². The molecule has 5 atom stereocenters. The fraction of sp³-hybridized carbons (Fsp3) is 0.727. The Bertz CT molecular complexity index is 364. The van der Waals surface area contributed by atoms with Crippen molar-refractivity contribution in [1.82, 2.24) is 0 Å². The van der Waals surface area contributed by atoms with E-state index in [0.717, 1.165) is 0 Å². The fourth-order valence-electron chi connectivity index (χ4n) is 3.15. The van der Waals surface area contributed by atoms with Crippen LogP contribution in [0.5, 0.6) is 0 Å². The predicted molar refractivity (Wildman–Crippen MR) is 51.1 cm³/mol. The Morgan fingerprint density at radius 2 is 2.27 bits per heavy atom. The van der Waals surface area contributed by atoms with Gasteiger partial charge in [0, 0.05) is 0 Å². The average Bonchev–Trinajstić information content (AvgIpc) is 2.95. The van der Waals surface area contributed by atoms with Crippen molar-refractivity contribution in [3.63, 3.8) is 0 Å². The van der Waals surface area contributed by atoms with E-state index in [1.54, 1.807) is 0 Å². The summed E-state index contributed by atoms with van der Waals surface area (Å²) >= 11 is 0. The maximum absolute atomic E-state index is 11.9. The predicted octanol–water partition coefficient (Wildman–Crippen LogP) is -0.215. The van der Waals surface area contributed by atoms with Crippen molar-refractivity contribution in [3.05, 3.63) is 12.2 Å². The zero-order valence-corrected chi connectivity index (χ0v) is 8.51. The molecule has 1 spiro atoms. The number of hydrogen-bond donors (Lipinski definition) is 2. The number of ether oxygens (including phenoxy) is 1. The Hall–Kier alpha value is -0.710. The second-order valence-corrected chi connectivity index (χ2v) is 4.94. The smallest absolute Gasteiger partial charge is 0.164 e. The Labute approximate surface area is 87.5 Å². The Morgan fingerprint density at radius 1 is 1.53 bits per heavy atom. The summed E-state index contributed by atoms with van der Waals surface area (Å²) in [5.74, 6) is 0.00204. The van der Waals surface area contributed by atoms with Gasteiger partial charge in [-0.15, -0.1) is 0 Å². The van der Waals surface area contributed by atoms with Gasteiger partial charge in [0.15, 0.2) is 5.78 Å². The average molecular weight is 210 g/mol. The molecule has 0 unspecified atom stereocenters. The summed E-state index contributed by atoms with van der Waals surface area (Å²) in [6, 6.07) is 0. The van der Waals surface area contributed by atoms with Crippen LogP contribution in [0.15, 0.2) is 12.2 Å². The van der Waals surface area contributed by atoms with Crippen molar-refractivity contribution in [2.24, 2.45) is 5.41 Å². The molecular formula is C11H14O4. The quantitative estimate of drug-likeness (QED) is 0.542. The van der Waals surface area contributed by atoms with Crippen LogP contribution in [0.2, 0.25) is 0 Å². The number of carbonyl (C=O) groups excluding carboxylic acids is 1. The van der Waals surface area contributed by atoms with Gasteiger partial charge in [-0.3, -0.25) is 4.79 Å². The molecule has 1 heterocycles. The molecule has 0 aromatic heterocycles. The molecule has 3 rings (SSSR count). The molecule has 0 aromatic rings. The molecule has 1 saturated heterocycles. The van der Waals surface area contributed by atoms with Crippen molar-refractivity contribution in [3.8, 4) is 0 Å². The zero-order valence-electron chi connectivity index (χ0n) is 8.51. The van der Waals surface area contributed by atoms with E-state index in [1.807, 2.05) is 6.92 Å². The number of carbonyl (C=O) groups is 1. The molecule has 82 valence electrons. The summed E-state index contributed by atoms with van der Waals surface area (Å²) in [7, 11) is 0. The number of epoxide rings is 1. The van der Waals surface area contributed by atoms with Crippen LogP contribution in [-0.4, -0.2) is 39.9 Å². The van der Waals surface area contributed by atoms with Gasteiger partial charge in [-0.05, 0) is 31.9 Å². The molecule has 2 aliphatic carbocycles. The van der Waals surface area contributed by atoms with Crippen LogP contribution in [0.25, 0.3) is 0 Å². The number of allylic oxidation sites excluding steroid dienone is 1. The van der Waals surface area contributed by atoms with Gasteiger partial charge < -0.3 is 14.9 Å². The lowest BCUT2D eigenvalue weighted by Gasteiger charge is -2.42. The van der Waals surface area contributed by atoms with Crippen molar-refractivity contribution >= 4 is 5.78 Å². The molecule has 0 amide bonds. The summed E-state index contributed by atoms with van der Waals surface area (Å²) in [5, 5.41) is 19.6. The van der Waals surface area contributed by atoms with E-state index in [4.69, 9.17) is 4.74 Å². The second-order valence-electron chi connectivity index (χ2n) is 4.94. The zero-order chi connectivity index (χ0) is 10.8. The first-order chi connectivity index (χ1) is 7.02. The second kappa shape index (κ2) is 2.51. The third kappa shape index (κ3) is 0.864. The van der Waals surface area contributed by atoms with Crippen molar-refractivity contribution in [1.29, 1.82) is 0 Å². The van der Waals surface area contributed by atoms with Gasteiger partial charge in [0.2, 0.25) is 0 Å². The summed E-state index contributed by atoms with van der Waals surface area (Å²) in [5.41, 5.74) is -1.51. The molecule has 0 radical (unpaired) electrons. The Balaban J connectivity index is 2.10. The third-order valence-electron chi connectivity index (χ3n) is 4.25. The maximum Gasteiger partial charge on any atom is 0.164 e. The standard InChI is InChI=1S/C11H14O4/c1-10-5-4-6(12)9-11(10,15-9)8(14)3-2-7(10)13/h2-3,6,8-9,12,14H,4-5H2,1H3/t6-,8+,9-,10+,11-/m1/s1. The van der Waals surface area contributed by atoms with Crippen molar-refractivity contribution < 1.29 is 19.7 Å². The van der Waals surface area contributed by atoms with Gasteiger partial charge in [0.25, 0.3) is 0 Å². The number of hydrogen-bond acceptors (Lipinski definition) is 4. The van der Waals surface area contributed by atoms with Gasteiger partial charge in [0.1, 0.15) is 17.8 Å². The van der Waals surface area contributed by atoms with Crippen molar-refractivity contribution in [2.75, 3.05) is 0 Å². The van der Waals surface area contributed by atoms with Gasteiger partial charge in [0.05, 0.1) is 11.5 Å². The van der Waals surface area contributed by atoms with Crippen LogP contribution in [0.1, 0.15) is 19.8 Å². The highest BCUT2D eigenvalue weighted by Crippen LogP contribution is 2.62. The molecule has 0 aromatic carbocycles. The van der Waals surface area contributed by atoms with E-state index in [9.17, 15) is 15.0 Å². The van der Waals surface area contributed by atoms with E-state index < -0.39 is 23.2 Å². The van der Waals surface area contributed by atoms with Crippen LogP contribution >= 0.6 is 0 Å². The minimum atomic E-state index is -0.851. The maximum atomic E-state index is 11.9. The molecule has 2 fully saturated rings.